The van der Waals surface area contributed by atoms with Crippen LogP contribution in [0.15, 0.2) is 84.9 Å². The van der Waals surface area contributed by atoms with Crippen LogP contribution in [-0.4, -0.2) is 0 Å². The monoisotopic (exact) mass is 382 g/mol. The standard InChI is InChI=1S/C30H22/c1-30(2)26-16-15-23-25(17-20-12-11-18-7-3-5-9-21(18)27(20)23)28(26)24-14-13-19-8-4-6-10-22(19)29(24)30/h3-16H,17H2,1-2H3. The van der Waals surface area contributed by atoms with Crippen molar-refractivity contribution in [1.29, 1.82) is 0 Å². The van der Waals surface area contributed by atoms with Crippen LogP contribution in [0.2, 0.25) is 0 Å². The molecular weight excluding hydrogens is 360 g/mol. The molecule has 0 atom stereocenters. The molecule has 2 aliphatic rings. The summed E-state index contributed by atoms with van der Waals surface area (Å²) < 4.78 is 0. The normalized spacial score (nSPS) is 15.1. The average molecular weight is 383 g/mol. The van der Waals surface area contributed by atoms with Crippen LogP contribution >= 0.6 is 0 Å². The van der Waals surface area contributed by atoms with E-state index >= 15 is 0 Å². The summed E-state index contributed by atoms with van der Waals surface area (Å²) in [6, 6.07) is 31.7. The van der Waals surface area contributed by atoms with Gasteiger partial charge in [0.15, 0.2) is 0 Å². The minimum atomic E-state index is 0.0113. The van der Waals surface area contributed by atoms with Crippen LogP contribution in [0.25, 0.3) is 43.8 Å². The summed E-state index contributed by atoms with van der Waals surface area (Å²) in [5.74, 6) is 0. The molecule has 2 aliphatic carbocycles. The molecule has 0 aliphatic heterocycles. The van der Waals surface area contributed by atoms with Gasteiger partial charge >= 0.3 is 0 Å². The fourth-order valence-electron chi connectivity index (χ4n) is 6.15. The molecule has 7 rings (SSSR count). The topological polar surface area (TPSA) is 0 Å². The van der Waals surface area contributed by atoms with Crippen LogP contribution in [0.3, 0.4) is 0 Å². The van der Waals surface area contributed by atoms with Crippen molar-refractivity contribution in [1.82, 2.24) is 0 Å². The lowest BCUT2D eigenvalue weighted by Gasteiger charge is -2.23. The second-order valence-electron chi connectivity index (χ2n) is 9.35. The van der Waals surface area contributed by atoms with Gasteiger partial charge in [0.05, 0.1) is 0 Å². The molecule has 0 fully saturated rings. The van der Waals surface area contributed by atoms with E-state index in [1.54, 1.807) is 0 Å². The molecule has 0 aromatic heterocycles. The highest BCUT2D eigenvalue weighted by atomic mass is 14.4. The molecule has 5 aromatic carbocycles. The van der Waals surface area contributed by atoms with E-state index in [1.807, 2.05) is 0 Å². The van der Waals surface area contributed by atoms with Crippen molar-refractivity contribution >= 4 is 21.5 Å². The summed E-state index contributed by atoms with van der Waals surface area (Å²) >= 11 is 0. The summed E-state index contributed by atoms with van der Waals surface area (Å²) in [6.07, 6.45) is 1.03. The van der Waals surface area contributed by atoms with Crippen molar-refractivity contribution in [2.75, 3.05) is 0 Å². The molecular formula is C30H22. The highest BCUT2D eigenvalue weighted by molar-refractivity contribution is 6.05. The van der Waals surface area contributed by atoms with Crippen LogP contribution in [0, 0.1) is 0 Å². The third kappa shape index (κ3) is 1.87. The predicted molar refractivity (Wildman–Crippen MR) is 127 cm³/mol. The average Bonchev–Trinajstić information content (AvgIpc) is 3.27. The molecule has 5 aromatic rings. The smallest absolute Gasteiger partial charge is 0.0165 e. The Bertz CT molecular complexity index is 1530. The van der Waals surface area contributed by atoms with E-state index in [0.29, 0.717) is 0 Å². The molecule has 0 N–H and O–H groups in total. The Morgan fingerprint density at radius 2 is 1.27 bits per heavy atom. The van der Waals surface area contributed by atoms with Gasteiger partial charge in [-0.15, -0.1) is 0 Å². The zero-order chi connectivity index (χ0) is 20.0. The zero-order valence-electron chi connectivity index (χ0n) is 17.3. The van der Waals surface area contributed by atoms with Crippen LogP contribution in [0.5, 0.6) is 0 Å². The maximum Gasteiger partial charge on any atom is 0.0165 e. The molecule has 0 spiro atoms. The van der Waals surface area contributed by atoms with E-state index in [4.69, 9.17) is 0 Å². The van der Waals surface area contributed by atoms with Crippen molar-refractivity contribution in [3.05, 3.63) is 107 Å². The summed E-state index contributed by atoms with van der Waals surface area (Å²) in [6.45, 7) is 4.79. The Kier molecular flexibility index (Phi) is 2.96. The van der Waals surface area contributed by atoms with Gasteiger partial charge in [-0.3, -0.25) is 0 Å². The maximum absolute atomic E-state index is 2.40. The van der Waals surface area contributed by atoms with Gasteiger partial charge in [0.1, 0.15) is 0 Å². The van der Waals surface area contributed by atoms with Gasteiger partial charge in [0.2, 0.25) is 0 Å². The highest BCUT2D eigenvalue weighted by Gasteiger charge is 2.40. The van der Waals surface area contributed by atoms with Gasteiger partial charge in [0, 0.05) is 5.41 Å². The molecule has 0 bridgehead atoms. The Labute approximate surface area is 176 Å². The van der Waals surface area contributed by atoms with Gasteiger partial charge in [-0.1, -0.05) is 98.8 Å². The SMILES string of the molecule is CC1(C)c2ccc3c(c2-c2ccc4ccccc4c21)Cc1ccc2ccccc2c1-3. The third-order valence-electron chi connectivity index (χ3n) is 7.46. The second kappa shape index (κ2) is 5.40. The first-order chi connectivity index (χ1) is 14.6. The van der Waals surface area contributed by atoms with Crippen LogP contribution in [0.1, 0.15) is 36.1 Å². The first-order valence-electron chi connectivity index (χ1n) is 10.8. The van der Waals surface area contributed by atoms with Gasteiger partial charge in [0.25, 0.3) is 0 Å². The van der Waals surface area contributed by atoms with E-state index in [9.17, 15) is 0 Å². The number of fused-ring (bicyclic) bond motifs is 11. The Balaban J connectivity index is 1.59. The lowest BCUT2D eigenvalue weighted by atomic mass is 9.80. The quantitative estimate of drug-likeness (QED) is 0.251. The molecule has 0 radical (unpaired) electrons. The molecule has 0 saturated carbocycles. The van der Waals surface area contributed by atoms with E-state index in [-0.39, 0.29) is 5.41 Å². The second-order valence-corrected chi connectivity index (χ2v) is 9.35. The van der Waals surface area contributed by atoms with Crippen LogP contribution in [0.4, 0.5) is 0 Å². The van der Waals surface area contributed by atoms with Gasteiger partial charge in [-0.05, 0) is 72.5 Å². The van der Waals surface area contributed by atoms with Crippen molar-refractivity contribution in [2.45, 2.75) is 25.7 Å². The summed E-state index contributed by atoms with van der Waals surface area (Å²) in [5, 5.41) is 5.44. The van der Waals surface area contributed by atoms with Crippen LogP contribution < -0.4 is 0 Å². The molecule has 0 nitrogen and oxygen atoms in total. The lowest BCUT2D eigenvalue weighted by Crippen LogP contribution is -2.15. The zero-order valence-corrected chi connectivity index (χ0v) is 17.3. The Hall–Kier alpha value is -3.38. The molecule has 0 heteroatoms. The first-order valence-corrected chi connectivity index (χ1v) is 10.8. The van der Waals surface area contributed by atoms with E-state index in [0.717, 1.165) is 6.42 Å². The Morgan fingerprint density at radius 3 is 2.10 bits per heavy atom. The molecule has 0 heterocycles. The fourth-order valence-corrected chi connectivity index (χ4v) is 6.15. The van der Waals surface area contributed by atoms with E-state index in [1.165, 1.54) is 66.1 Å². The molecule has 142 valence electrons. The summed E-state index contributed by atoms with van der Waals surface area (Å²) in [7, 11) is 0. The molecule has 0 amide bonds. The third-order valence-corrected chi connectivity index (χ3v) is 7.46. The maximum atomic E-state index is 2.40. The minimum absolute atomic E-state index is 0.0113. The number of hydrogen-bond acceptors (Lipinski definition) is 0. The van der Waals surface area contributed by atoms with Crippen molar-refractivity contribution < 1.29 is 0 Å². The number of benzene rings is 5. The Morgan fingerprint density at radius 1 is 0.600 bits per heavy atom. The minimum Gasteiger partial charge on any atom is -0.0616 e. The van der Waals surface area contributed by atoms with Crippen molar-refractivity contribution in [3.63, 3.8) is 0 Å². The summed E-state index contributed by atoms with van der Waals surface area (Å²) in [5.41, 5.74) is 11.7. The van der Waals surface area contributed by atoms with Gasteiger partial charge < -0.3 is 0 Å². The van der Waals surface area contributed by atoms with Crippen molar-refractivity contribution in [2.24, 2.45) is 0 Å². The predicted octanol–water partition coefficient (Wildman–Crippen LogP) is 7.87. The fraction of sp³-hybridized carbons (Fsp3) is 0.133. The molecule has 0 saturated heterocycles. The number of hydrogen-bond donors (Lipinski definition) is 0. The van der Waals surface area contributed by atoms with E-state index < -0.39 is 0 Å². The molecule has 30 heavy (non-hydrogen) atoms. The summed E-state index contributed by atoms with van der Waals surface area (Å²) in [4.78, 5) is 0. The van der Waals surface area contributed by atoms with Crippen LogP contribution in [-0.2, 0) is 11.8 Å². The first kappa shape index (κ1) is 16.4. The van der Waals surface area contributed by atoms with E-state index in [2.05, 4.69) is 98.8 Å². The van der Waals surface area contributed by atoms with Crippen molar-refractivity contribution in [3.8, 4) is 22.3 Å². The van der Waals surface area contributed by atoms with Gasteiger partial charge in [-0.25, -0.2) is 0 Å². The number of rotatable bonds is 0. The molecule has 0 unspecified atom stereocenters. The lowest BCUT2D eigenvalue weighted by molar-refractivity contribution is 0.666. The highest BCUT2D eigenvalue weighted by Crippen LogP contribution is 2.56. The van der Waals surface area contributed by atoms with Gasteiger partial charge in [-0.2, -0.15) is 0 Å². The largest absolute Gasteiger partial charge is 0.0616 e.